The Morgan fingerprint density at radius 3 is 2.12 bits per heavy atom. The average Bonchev–Trinajstić information content (AvgIpc) is 2.65. The molecule has 3 N–H and O–H groups in total. The predicted molar refractivity (Wildman–Crippen MR) is 104 cm³/mol. The molecule has 0 aromatic rings. The summed E-state index contributed by atoms with van der Waals surface area (Å²) in [5.41, 5.74) is 0. The van der Waals surface area contributed by atoms with Crippen LogP contribution >= 0.6 is 0 Å². The Labute approximate surface area is 159 Å². The van der Waals surface area contributed by atoms with Gasteiger partial charge in [-0.3, -0.25) is 0 Å². The summed E-state index contributed by atoms with van der Waals surface area (Å²) in [6, 6.07) is 0. The molecule has 1 aliphatic heterocycles. The highest BCUT2D eigenvalue weighted by atomic mass is 16.6. The summed E-state index contributed by atoms with van der Waals surface area (Å²) in [5.74, 6) is 0. The summed E-state index contributed by atoms with van der Waals surface area (Å²) in [6.07, 6.45) is 14.9. The van der Waals surface area contributed by atoms with E-state index < -0.39 is 24.4 Å². The van der Waals surface area contributed by atoms with E-state index in [-0.39, 0.29) is 13.2 Å². The van der Waals surface area contributed by atoms with Crippen molar-refractivity contribution in [2.75, 3.05) is 19.8 Å². The van der Waals surface area contributed by atoms with E-state index >= 15 is 0 Å². The Morgan fingerprint density at radius 1 is 0.885 bits per heavy atom. The van der Waals surface area contributed by atoms with E-state index in [0.29, 0.717) is 6.61 Å². The maximum absolute atomic E-state index is 9.97. The van der Waals surface area contributed by atoms with Crippen molar-refractivity contribution in [3.05, 3.63) is 12.2 Å². The zero-order valence-electron chi connectivity index (χ0n) is 16.5. The van der Waals surface area contributed by atoms with Gasteiger partial charge in [0.05, 0.1) is 13.2 Å². The summed E-state index contributed by atoms with van der Waals surface area (Å²) < 4.78 is 10.9. The van der Waals surface area contributed by atoms with Gasteiger partial charge in [-0.2, -0.15) is 0 Å². The number of hydrogen-bond acceptors (Lipinski definition) is 5. The molecular formula is C21H40O5. The van der Waals surface area contributed by atoms with Crippen molar-refractivity contribution in [1.82, 2.24) is 0 Å². The molecule has 0 amide bonds. The van der Waals surface area contributed by atoms with Gasteiger partial charge in [0.1, 0.15) is 24.4 Å². The van der Waals surface area contributed by atoms with Gasteiger partial charge in [-0.1, -0.05) is 64.0 Å². The standard InChI is InChI=1S/C21H40O5/c1-2-3-4-5-6-7-8-9-10-11-12-13-14-15-25-19-17-26-18(16-22)20(23)21(19)24/h3-4,18-24H,2,5-17H2,1H3/b4-3+/t18-,19+,20-,21-/m0/s1. The highest BCUT2D eigenvalue weighted by Gasteiger charge is 2.38. The third-order valence-corrected chi connectivity index (χ3v) is 5.02. The number of unbranched alkanes of at least 4 members (excludes halogenated alkanes) is 9. The topological polar surface area (TPSA) is 79.2 Å². The summed E-state index contributed by atoms with van der Waals surface area (Å²) >= 11 is 0. The van der Waals surface area contributed by atoms with E-state index in [9.17, 15) is 10.2 Å². The Bertz CT molecular complexity index is 347. The van der Waals surface area contributed by atoms with Crippen LogP contribution in [0.2, 0.25) is 0 Å². The smallest absolute Gasteiger partial charge is 0.111 e. The number of hydrogen-bond donors (Lipinski definition) is 3. The molecule has 0 bridgehead atoms. The second-order valence-corrected chi connectivity index (χ2v) is 7.30. The van der Waals surface area contributed by atoms with Crippen molar-refractivity contribution in [2.24, 2.45) is 0 Å². The van der Waals surface area contributed by atoms with E-state index in [1.807, 2.05) is 0 Å². The van der Waals surface area contributed by atoms with Crippen LogP contribution in [0.5, 0.6) is 0 Å². The third-order valence-electron chi connectivity index (χ3n) is 5.02. The molecule has 0 aliphatic carbocycles. The molecule has 0 aromatic heterocycles. The van der Waals surface area contributed by atoms with Gasteiger partial charge in [0.25, 0.3) is 0 Å². The molecule has 1 heterocycles. The van der Waals surface area contributed by atoms with Gasteiger partial charge in [-0.05, 0) is 25.7 Å². The van der Waals surface area contributed by atoms with Crippen LogP contribution < -0.4 is 0 Å². The van der Waals surface area contributed by atoms with Crippen LogP contribution in [0, 0.1) is 0 Å². The van der Waals surface area contributed by atoms with Crippen LogP contribution in [0.3, 0.4) is 0 Å². The van der Waals surface area contributed by atoms with Gasteiger partial charge in [-0.15, -0.1) is 0 Å². The largest absolute Gasteiger partial charge is 0.394 e. The van der Waals surface area contributed by atoms with Crippen molar-refractivity contribution < 1.29 is 24.8 Å². The summed E-state index contributed by atoms with van der Waals surface area (Å²) in [7, 11) is 0. The third kappa shape index (κ3) is 10.0. The monoisotopic (exact) mass is 372 g/mol. The van der Waals surface area contributed by atoms with Crippen LogP contribution in [-0.2, 0) is 9.47 Å². The molecule has 4 atom stereocenters. The molecule has 154 valence electrons. The number of allylic oxidation sites excluding steroid dienone is 2. The Kier molecular flexibility index (Phi) is 14.1. The van der Waals surface area contributed by atoms with Gasteiger partial charge in [0, 0.05) is 6.61 Å². The van der Waals surface area contributed by atoms with Gasteiger partial charge >= 0.3 is 0 Å². The highest BCUT2D eigenvalue weighted by Crippen LogP contribution is 2.18. The van der Waals surface area contributed by atoms with Crippen LogP contribution in [0.4, 0.5) is 0 Å². The molecule has 0 unspecified atom stereocenters. The Balaban J connectivity index is 1.87. The number of aliphatic hydroxyl groups excluding tert-OH is 3. The zero-order valence-corrected chi connectivity index (χ0v) is 16.5. The minimum absolute atomic E-state index is 0.220. The molecule has 0 spiro atoms. The maximum atomic E-state index is 9.97. The van der Waals surface area contributed by atoms with Gasteiger partial charge in [0.2, 0.25) is 0 Å². The molecule has 0 saturated carbocycles. The molecular weight excluding hydrogens is 332 g/mol. The van der Waals surface area contributed by atoms with Crippen molar-refractivity contribution >= 4 is 0 Å². The van der Waals surface area contributed by atoms with Crippen molar-refractivity contribution in [3.63, 3.8) is 0 Å². The normalized spacial score (nSPS) is 26.6. The van der Waals surface area contributed by atoms with E-state index in [4.69, 9.17) is 14.6 Å². The molecule has 0 radical (unpaired) electrons. The average molecular weight is 373 g/mol. The quantitative estimate of drug-likeness (QED) is 0.303. The van der Waals surface area contributed by atoms with E-state index in [0.717, 1.165) is 19.3 Å². The fourth-order valence-corrected chi connectivity index (χ4v) is 3.28. The van der Waals surface area contributed by atoms with Crippen LogP contribution in [0.15, 0.2) is 12.2 Å². The van der Waals surface area contributed by atoms with E-state index in [1.165, 1.54) is 51.4 Å². The summed E-state index contributed by atoms with van der Waals surface area (Å²) in [5, 5.41) is 28.8. The molecule has 1 saturated heterocycles. The first kappa shape index (κ1) is 23.6. The molecule has 0 aromatic carbocycles. The first-order chi connectivity index (χ1) is 12.7. The number of rotatable bonds is 15. The molecule has 5 nitrogen and oxygen atoms in total. The lowest BCUT2D eigenvalue weighted by molar-refractivity contribution is -0.208. The lowest BCUT2D eigenvalue weighted by Gasteiger charge is -2.36. The molecule has 1 fully saturated rings. The first-order valence-electron chi connectivity index (χ1n) is 10.6. The van der Waals surface area contributed by atoms with Crippen molar-refractivity contribution in [2.45, 2.75) is 102 Å². The Morgan fingerprint density at radius 2 is 1.50 bits per heavy atom. The zero-order chi connectivity index (χ0) is 19.0. The predicted octanol–water partition coefficient (Wildman–Crippen LogP) is 3.35. The fraction of sp³-hybridized carbons (Fsp3) is 0.905. The molecule has 1 aliphatic rings. The van der Waals surface area contributed by atoms with Crippen LogP contribution in [0.1, 0.15) is 77.6 Å². The van der Waals surface area contributed by atoms with Crippen molar-refractivity contribution in [3.8, 4) is 0 Å². The second-order valence-electron chi connectivity index (χ2n) is 7.30. The number of aliphatic hydroxyl groups is 3. The van der Waals surface area contributed by atoms with Gasteiger partial charge < -0.3 is 24.8 Å². The van der Waals surface area contributed by atoms with Crippen LogP contribution in [-0.4, -0.2) is 59.6 Å². The number of ether oxygens (including phenoxy) is 2. The van der Waals surface area contributed by atoms with Gasteiger partial charge in [0.15, 0.2) is 0 Å². The lowest BCUT2D eigenvalue weighted by atomic mass is 10.0. The van der Waals surface area contributed by atoms with E-state index in [2.05, 4.69) is 19.1 Å². The minimum Gasteiger partial charge on any atom is -0.394 e. The minimum atomic E-state index is -1.08. The molecule has 1 rings (SSSR count). The first-order valence-corrected chi connectivity index (χ1v) is 10.6. The molecule has 5 heteroatoms. The highest BCUT2D eigenvalue weighted by molar-refractivity contribution is 4.87. The fourth-order valence-electron chi connectivity index (χ4n) is 3.28. The van der Waals surface area contributed by atoms with Crippen LogP contribution in [0.25, 0.3) is 0 Å². The summed E-state index contributed by atoms with van der Waals surface area (Å²) in [4.78, 5) is 0. The second kappa shape index (κ2) is 15.6. The summed E-state index contributed by atoms with van der Waals surface area (Å²) in [6.45, 7) is 2.68. The van der Waals surface area contributed by atoms with E-state index in [1.54, 1.807) is 0 Å². The SMILES string of the molecule is CC/C=C/CCCCCCCCCCCO[C@@H]1CO[C@@H](CO)[C@H](O)[C@H]1O. The van der Waals surface area contributed by atoms with Gasteiger partial charge in [-0.25, -0.2) is 0 Å². The maximum Gasteiger partial charge on any atom is 0.111 e. The Hall–Kier alpha value is -0.460. The molecule has 26 heavy (non-hydrogen) atoms. The lowest BCUT2D eigenvalue weighted by Crippen LogP contribution is -2.55. The van der Waals surface area contributed by atoms with Crippen molar-refractivity contribution in [1.29, 1.82) is 0 Å².